The molecule has 4 N–H and O–H groups in total. The number of rotatable bonds is 4. The highest BCUT2D eigenvalue weighted by Crippen LogP contribution is 2.11. The molecule has 0 bridgehead atoms. The first-order valence-corrected chi connectivity index (χ1v) is 5.11. The minimum Gasteiger partial charge on any atom is -0.492 e. The lowest BCUT2D eigenvalue weighted by Gasteiger charge is -2.07. The largest absolute Gasteiger partial charge is 0.492 e. The third kappa shape index (κ3) is 4.52. The number of aryl methyl sites for hydroxylation is 1. The van der Waals surface area contributed by atoms with Crippen LogP contribution in [0.2, 0.25) is 0 Å². The second-order valence-corrected chi connectivity index (χ2v) is 3.39. The molecule has 0 heterocycles. The molecule has 6 nitrogen and oxygen atoms in total. The van der Waals surface area contributed by atoms with E-state index in [4.69, 9.17) is 10.6 Å². The van der Waals surface area contributed by atoms with E-state index in [1.54, 1.807) is 5.43 Å². The minimum absolute atomic E-state index is 0.236. The van der Waals surface area contributed by atoms with Crippen molar-refractivity contribution in [2.75, 3.05) is 13.2 Å². The lowest BCUT2D eigenvalue weighted by atomic mass is 10.2. The third-order valence-electron chi connectivity index (χ3n) is 1.98. The van der Waals surface area contributed by atoms with Crippen molar-refractivity contribution in [3.05, 3.63) is 29.8 Å². The summed E-state index contributed by atoms with van der Waals surface area (Å²) in [6.07, 6.45) is 0. The first-order valence-electron chi connectivity index (χ1n) is 5.11. The van der Waals surface area contributed by atoms with Crippen LogP contribution in [-0.4, -0.2) is 25.0 Å². The van der Waals surface area contributed by atoms with Crippen molar-refractivity contribution in [3.8, 4) is 5.75 Å². The van der Waals surface area contributed by atoms with Gasteiger partial charge in [0.1, 0.15) is 12.4 Å². The number of carbonyl (C=O) groups excluding carboxylic acids is 2. The zero-order chi connectivity index (χ0) is 12.7. The molecule has 1 rings (SSSR count). The SMILES string of the molecule is Cc1cccc(OCCNC(=O)C(=O)NN)c1. The van der Waals surface area contributed by atoms with Crippen LogP contribution in [0, 0.1) is 6.92 Å². The molecule has 0 radical (unpaired) electrons. The number of nitrogens with two attached hydrogens (primary N) is 1. The molecule has 0 atom stereocenters. The van der Waals surface area contributed by atoms with E-state index in [1.807, 2.05) is 31.2 Å². The van der Waals surface area contributed by atoms with Crippen LogP contribution in [0.4, 0.5) is 0 Å². The normalized spacial score (nSPS) is 9.53. The van der Waals surface area contributed by atoms with E-state index in [0.29, 0.717) is 0 Å². The highest BCUT2D eigenvalue weighted by atomic mass is 16.5. The zero-order valence-electron chi connectivity index (χ0n) is 9.53. The predicted octanol–water partition coefficient (Wildman–Crippen LogP) is -0.520. The van der Waals surface area contributed by atoms with Gasteiger partial charge in [-0.3, -0.25) is 15.0 Å². The second kappa shape index (κ2) is 6.49. The van der Waals surface area contributed by atoms with Gasteiger partial charge in [-0.1, -0.05) is 12.1 Å². The first kappa shape index (κ1) is 13.0. The number of hydrazine groups is 1. The van der Waals surface area contributed by atoms with Gasteiger partial charge in [-0.05, 0) is 24.6 Å². The van der Waals surface area contributed by atoms with Crippen molar-refractivity contribution in [3.63, 3.8) is 0 Å². The number of nitrogens with one attached hydrogen (secondary N) is 2. The second-order valence-electron chi connectivity index (χ2n) is 3.39. The molecule has 1 aromatic carbocycles. The van der Waals surface area contributed by atoms with Gasteiger partial charge in [0.25, 0.3) is 0 Å². The number of hydrogen-bond acceptors (Lipinski definition) is 4. The Labute approximate surface area is 99.1 Å². The highest BCUT2D eigenvalue weighted by molar-refractivity contribution is 6.34. The van der Waals surface area contributed by atoms with Crippen LogP contribution in [-0.2, 0) is 9.59 Å². The van der Waals surface area contributed by atoms with Crippen LogP contribution in [0.3, 0.4) is 0 Å². The van der Waals surface area contributed by atoms with Gasteiger partial charge in [-0.25, -0.2) is 5.84 Å². The van der Waals surface area contributed by atoms with Crippen molar-refractivity contribution in [2.24, 2.45) is 5.84 Å². The van der Waals surface area contributed by atoms with Crippen molar-refractivity contribution < 1.29 is 14.3 Å². The summed E-state index contributed by atoms with van der Waals surface area (Å²) in [5.41, 5.74) is 2.83. The summed E-state index contributed by atoms with van der Waals surface area (Å²) < 4.78 is 5.37. The maximum Gasteiger partial charge on any atom is 0.323 e. The molecule has 0 aliphatic heterocycles. The number of hydrogen-bond donors (Lipinski definition) is 3. The molecule has 0 saturated carbocycles. The van der Waals surface area contributed by atoms with Gasteiger partial charge >= 0.3 is 11.8 Å². The highest BCUT2D eigenvalue weighted by Gasteiger charge is 2.09. The molecule has 0 spiro atoms. The number of amides is 2. The van der Waals surface area contributed by atoms with Crippen LogP contribution in [0.1, 0.15) is 5.56 Å². The van der Waals surface area contributed by atoms with Crippen molar-refractivity contribution in [1.29, 1.82) is 0 Å². The molecule has 0 unspecified atom stereocenters. The van der Waals surface area contributed by atoms with Crippen molar-refractivity contribution in [1.82, 2.24) is 10.7 Å². The molecule has 0 aliphatic carbocycles. The Hall–Kier alpha value is -2.08. The molecule has 0 fully saturated rings. The van der Waals surface area contributed by atoms with Gasteiger partial charge < -0.3 is 10.1 Å². The van der Waals surface area contributed by atoms with Crippen LogP contribution < -0.4 is 21.3 Å². The summed E-state index contributed by atoms with van der Waals surface area (Å²) in [5.74, 6) is 3.87. The van der Waals surface area contributed by atoms with Crippen molar-refractivity contribution >= 4 is 11.8 Å². The number of ether oxygens (including phenoxy) is 1. The fourth-order valence-corrected chi connectivity index (χ4v) is 1.18. The summed E-state index contributed by atoms with van der Waals surface area (Å²) >= 11 is 0. The Kier molecular flexibility index (Phi) is 4.96. The number of benzene rings is 1. The van der Waals surface area contributed by atoms with E-state index in [2.05, 4.69) is 5.32 Å². The van der Waals surface area contributed by atoms with Crippen LogP contribution in [0.25, 0.3) is 0 Å². The van der Waals surface area contributed by atoms with Crippen LogP contribution >= 0.6 is 0 Å². The van der Waals surface area contributed by atoms with E-state index in [0.717, 1.165) is 11.3 Å². The summed E-state index contributed by atoms with van der Waals surface area (Å²) in [6, 6.07) is 7.54. The summed E-state index contributed by atoms with van der Waals surface area (Å²) in [7, 11) is 0. The number of carbonyl (C=O) groups is 2. The molecule has 92 valence electrons. The van der Waals surface area contributed by atoms with E-state index in [-0.39, 0.29) is 13.2 Å². The average Bonchev–Trinajstić information content (AvgIpc) is 2.33. The molecule has 0 saturated heterocycles. The Balaban J connectivity index is 2.25. The maximum atomic E-state index is 11.0. The van der Waals surface area contributed by atoms with Gasteiger partial charge in [0.05, 0.1) is 6.54 Å². The Morgan fingerprint density at radius 2 is 2.12 bits per heavy atom. The molecule has 0 aliphatic rings. The molecular weight excluding hydrogens is 222 g/mol. The molecule has 1 aromatic rings. The first-order chi connectivity index (χ1) is 8.13. The quantitative estimate of drug-likeness (QED) is 0.216. The Morgan fingerprint density at radius 3 is 2.76 bits per heavy atom. The standard InChI is InChI=1S/C11H15N3O3/c1-8-3-2-4-9(7-8)17-6-5-13-10(15)11(16)14-12/h2-4,7H,5-6,12H2,1H3,(H,13,15)(H,14,16). The van der Waals surface area contributed by atoms with Gasteiger partial charge in [0, 0.05) is 0 Å². The van der Waals surface area contributed by atoms with Crippen molar-refractivity contribution in [2.45, 2.75) is 6.92 Å². The van der Waals surface area contributed by atoms with E-state index >= 15 is 0 Å². The van der Waals surface area contributed by atoms with Gasteiger partial charge in [-0.15, -0.1) is 0 Å². The molecule has 17 heavy (non-hydrogen) atoms. The smallest absolute Gasteiger partial charge is 0.323 e. The topological polar surface area (TPSA) is 93.4 Å². The monoisotopic (exact) mass is 237 g/mol. The third-order valence-corrected chi connectivity index (χ3v) is 1.98. The molecular formula is C11H15N3O3. The summed E-state index contributed by atoms with van der Waals surface area (Å²) in [4.78, 5) is 21.7. The van der Waals surface area contributed by atoms with E-state index in [1.165, 1.54) is 0 Å². The van der Waals surface area contributed by atoms with E-state index < -0.39 is 11.8 Å². The zero-order valence-corrected chi connectivity index (χ0v) is 9.53. The Bertz CT molecular complexity index is 407. The fourth-order valence-electron chi connectivity index (χ4n) is 1.18. The fraction of sp³-hybridized carbons (Fsp3) is 0.273. The lowest BCUT2D eigenvalue weighted by molar-refractivity contribution is -0.139. The van der Waals surface area contributed by atoms with Gasteiger partial charge in [-0.2, -0.15) is 0 Å². The summed E-state index contributed by atoms with van der Waals surface area (Å²) in [5, 5.41) is 2.36. The molecule has 0 aromatic heterocycles. The maximum absolute atomic E-state index is 11.0. The lowest BCUT2D eigenvalue weighted by Crippen LogP contribution is -2.44. The van der Waals surface area contributed by atoms with Gasteiger partial charge in [0.2, 0.25) is 0 Å². The molecule has 6 heteroatoms. The predicted molar refractivity (Wildman–Crippen MR) is 62.0 cm³/mol. The summed E-state index contributed by atoms with van der Waals surface area (Å²) in [6.45, 7) is 2.48. The van der Waals surface area contributed by atoms with E-state index in [9.17, 15) is 9.59 Å². The Morgan fingerprint density at radius 1 is 1.35 bits per heavy atom. The minimum atomic E-state index is -0.874. The average molecular weight is 237 g/mol. The molecule has 2 amide bonds. The van der Waals surface area contributed by atoms with Crippen LogP contribution in [0.15, 0.2) is 24.3 Å². The van der Waals surface area contributed by atoms with Crippen LogP contribution in [0.5, 0.6) is 5.75 Å². The van der Waals surface area contributed by atoms with Gasteiger partial charge in [0.15, 0.2) is 0 Å².